The predicted octanol–water partition coefficient (Wildman–Crippen LogP) is 5.33. The quantitative estimate of drug-likeness (QED) is 0.463. The van der Waals surface area contributed by atoms with Crippen molar-refractivity contribution in [1.29, 1.82) is 0 Å². The third-order valence-electron chi connectivity index (χ3n) is 3.73. The number of thioether (sulfide) groups is 1. The highest BCUT2D eigenvalue weighted by atomic mass is 79.9. The van der Waals surface area contributed by atoms with E-state index in [1.165, 1.54) is 16.7 Å². The maximum Gasteiger partial charge on any atom is 0.266 e. The van der Waals surface area contributed by atoms with E-state index in [1.54, 1.807) is 30.3 Å². The summed E-state index contributed by atoms with van der Waals surface area (Å²) in [5.41, 5.74) is 1.45. The Morgan fingerprint density at radius 3 is 2.78 bits per heavy atom. The van der Waals surface area contributed by atoms with E-state index in [-0.39, 0.29) is 24.8 Å². The molecule has 2 aromatic rings. The first-order valence-electron chi connectivity index (χ1n) is 7.99. The summed E-state index contributed by atoms with van der Waals surface area (Å²) in [5, 5.41) is 3.21. The van der Waals surface area contributed by atoms with Crippen LogP contribution in [0.4, 0.5) is 5.69 Å². The van der Waals surface area contributed by atoms with Crippen molar-refractivity contribution < 1.29 is 9.59 Å². The third-order valence-corrected chi connectivity index (χ3v) is 5.93. The van der Waals surface area contributed by atoms with Gasteiger partial charge < -0.3 is 5.32 Å². The maximum atomic E-state index is 12.6. The molecule has 0 saturated carbocycles. The molecule has 0 spiro atoms. The van der Waals surface area contributed by atoms with Gasteiger partial charge in [-0.25, -0.2) is 0 Å². The number of halogens is 2. The minimum atomic E-state index is -0.229. The normalized spacial score (nSPS) is 15.5. The van der Waals surface area contributed by atoms with Crippen LogP contribution in [0.15, 0.2) is 57.9 Å². The Morgan fingerprint density at radius 2 is 2.04 bits per heavy atom. The molecule has 1 heterocycles. The van der Waals surface area contributed by atoms with Gasteiger partial charge in [-0.3, -0.25) is 14.5 Å². The summed E-state index contributed by atoms with van der Waals surface area (Å²) >= 11 is 16.0. The van der Waals surface area contributed by atoms with Gasteiger partial charge in [-0.15, -0.1) is 0 Å². The Balaban J connectivity index is 1.62. The molecule has 4 nitrogen and oxygen atoms in total. The van der Waals surface area contributed by atoms with Gasteiger partial charge in [-0.05, 0) is 35.9 Å². The SMILES string of the molecule is O=C(CCN1C(=O)C(=Cc2cccc(Br)c2)SC1=S)Nc1ccccc1Cl. The van der Waals surface area contributed by atoms with Gasteiger partial charge in [0.15, 0.2) is 0 Å². The molecule has 8 heteroatoms. The largest absolute Gasteiger partial charge is 0.325 e. The molecule has 1 aliphatic heterocycles. The molecule has 3 rings (SSSR count). The van der Waals surface area contributed by atoms with Crippen molar-refractivity contribution in [2.24, 2.45) is 0 Å². The van der Waals surface area contributed by atoms with Gasteiger partial charge in [0, 0.05) is 17.4 Å². The lowest BCUT2D eigenvalue weighted by atomic mass is 10.2. The van der Waals surface area contributed by atoms with Gasteiger partial charge in [0.05, 0.1) is 15.6 Å². The first-order valence-corrected chi connectivity index (χ1v) is 10.4. The molecular weight excluding hydrogens is 468 g/mol. The molecular formula is C19H14BrClN2O2S2. The first-order chi connectivity index (χ1) is 12.9. The predicted molar refractivity (Wildman–Crippen MR) is 119 cm³/mol. The Labute approximate surface area is 180 Å². The van der Waals surface area contributed by atoms with Crippen molar-refractivity contribution in [1.82, 2.24) is 4.90 Å². The summed E-state index contributed by atoms with van der Waals surface area (Å²) in [5.74, 6) is -0.413. The van der Waals surface area contributed by atoms with Gasteiger partial charge >= 0.3 is 0 Å². The molecule has 138 valence electrons. The van der Waals surface area contributed by atoms with E-state index >= 15 is 0 Å². The minimum absolute atomic E-state index is 0.127. The Morgan fingerprint density at radius 1 is 1.26 bits per heavy atom. The van der Waals surface area contributed by atoms with Crippen LogP contribution in [-0.4, -0.2) is 27.6 Å². The van der Waals surface area contributed by atoms with Crippen molar-refractivity contribution >= 4 is 79.4 Å². The van der Waals surface area contributed by atoms with Gasteiger partial charge in [-0.1, -0.05) is 75.8 Å². The number of nitrogens with zero attached hydrogens (tertiary/aromatic N) is 1. The molecule has 1 saturated heterocycles. The number of rotatable bonds is 5. The average molecular weight is 482 g/mol. The highest BCUT2D eigenvalue weighted by molar-refractivity contribution is 9.10. The molecule has 0 atom stereocenters. The zero-order valence-corrected chi connectivity index (χ0v) is 17.9. The molecule has 2 aromatic carbocycles. The number of carbonyl (C=O) groups excluding carboxylic acids is 2. The lowest BCUT2D eigenvalue weighted by Gasteiger charge is -2.14. The summed E-state index contributed by atoms with van der Waals surface area (Å²) in [4.78, 5) is 26.8. The number of benzene rings is 2. The van der Waals surface area contributed by atoms with E-state index < -0.39 is 0 Å². The van der Waals surface area contributed by atoms with Crippen LogP contribution in [-0.2, 0) is 9.59 Å². The van der Waals surface area contributed by atoms with Gasteiger partial charge in [0.25, 0.3) is 5.91 Å². The van der Waals surface area contributed by atoms with Crippen LogP contribution in [0.25, 0.3) is 6.08 Å². The third kappa shape index (κ3) is 5.19. The standard InChI is InChI=1S/C19H14BrClN2O2S2/c20-13-5-3-4-12(10-13)11-16-18(25)23(19(26)27-16)9-8-17(24)22-15-7-2-1-6-14(15)21/h1-7,10-11H,8-9H2,(H,22,24). The average Bonchev–Trinajstić information content (AvgIpc) is 2.88. The molecule has 2 amide bonds. The Hall–Kier alpha value is -1.67. The zero-order valence-electron chi connectivity index (χ0n) is 13.9. The monoisotopic (exact) mass is 480 g/mol. The molecule has 1 aliphatic rings. The van der Waals surface area contributed by atoms with Crippen molar-refractivity contribution in [3.05, 3.63) is 68.5 Å². The fourth-order valence-electron chi connectivity index (χ4n) is 2.43. The summed E-state index contributed by atoms with van der Waals surface area (Å²) in [7, 11) is 0. The number of anilines is 1. The number of para-hydroxylation sites is 1. The van der Waals surface area contributed by atoms with Gasteiger partial charge in [0.1, 0.15) is 4.32 Å². The lowest BCUT2D eigenvalue weighted by molar-refractivity contribution is -0.122. The van der Waals surface area contributed by atoms with E-state index in [9.17, 15) is 9.59 Å². The van der Waals surface area contributed by atoms with Crippen LogP contribution in [0.3, 0.4) is 0 Å². The molecule has 1 fully saturated rings. The minimum Gasteiger partial charge on any atom is -0.325 e. The van der Waals surface area contributed by atoms with Gasteiger partial charge in [-0.2, -0.15) is 0 Å². The van der Waals surface area contributed by atoms with E-state index in [4.69, 9.17) is 23.8 Å². The molecule has 1 N–H and O–H groups in total. The molecule has 0 aromatic heterocycles. The Bertz CT molecular complexity index is 949. The number of thiocarbonyl (C=S) groups is 1. The van der Waals surface area contributed by atoms with Crippen LogP contribution < -0.4 is 5.32 Å². The van der Waals surface area contributed by atoms with Crippen LogP contribution in [0, 0.1) is 0 Å². The fraction of sp³-hybridized carbons (Fsp3) is 0.105. The second-order valence-corrected chi connectivity index (χ2v) is 8.67. The number of nitrogens with one attached hydrogen (secondary N) is 1. The fourth-order valence-corrected chi connectivity index (χ4v) is 4.34. The Kier molecular flexibility index (Phi) is 6.70. The van der Waals surface area contributed by atoms with Crippen molar-refractivity contribution in [2.75, 3.05) is 11.9 Å². The van der Waals surface area contributed by atoms with Crippen molar-refractivity contribution in [3.63, 3.8) is 0 Å². The second-order valence-electron chi connectivity index (χ2n) is 5.67. The van der Waals surface area contributed by atoms with Crippen LogP contribution >= 0.6 is 51.5 Å². The number of amides is 2. The molecule has 0 radical (unpaired) electrons. The highest BCUT2D eigenvalue weighted by Gasteiger charge is 2.32. The van der Waals surface area contributed by atoms with Crippen LogP contribution in [0.2, 0.25) is 5.02 Å². The number of hydrogen-bond donors (Lipinski definition) is 1. The first kappa shape index (κ1) is 20.1. The highest BCUT2D eigenvalue weighted by Crippen LogP contribution is 2.33. The van der Waals surface area contributed by atoms with E-state index in [0.717, 1.165) is 10.0 Å². The van der Waals surface area contributed by atoms with Crippen molar-refractivity contribution in [3.8, 4) is 0 Å². The summed E-state index contributed by atoms with van der Waals surface area (Å²) in [6.07, 6.45) is 1.93. The van der Waals surface area contributed by atoms with Crippen LogP contribution in [0.5, 0.6) is 0 Å². The summed E-state index contributed by atoms with van der Waals surface area (Å²) < 4.78 is 1.38. The van der Waals surface area contributed by atoms with Gasteiger partial charge in [0.2, 0.25) is 5.91 Å². The lowest BCUT2D eigenvalue weighted by Crippen LogP contribution is -2.31. The summed E-state index contributed by atoms with van der Waals surface area (Å²) in [6.45, 7) is 0.219. The molecule has 0 unspecified atom stereocenters. The summed E-state index contributed by atoms with van der Waals surface area (Å²) in [6, 6.07) is 14.6. The van der Waals surface area contributed by atoms with E-state index in [2.05, 4.69) is 21.2 Å². The van der Waals surface area contributed by atoms with E-state index in [0.29, 0.717) is 19.9 Å². The maximum absolute atomic E-state index is 12.6. The van der Waals surface area contributed by atoms with E-state index in [1.807, 2.05) is 24.3 Å². The van der Waals surface area contributed by atoms with Crippen LogP contribution in [0.1, 0.15) is 12.0 Å². The smallest absolute Gasteiger partial charge is 0.266 e. The topological polar surface area (TPSA) is 49.4 Å². The number of carbonyl (C=O) groups is 2. The molecule has 27 heavy (non-hydrogen) atoms. The number of hydrogen-bond acceptors (Lipinski definition) is 4. The molecule has 0 bridgehead atoms. The van der Waals surface area contributed by atoms with Crippen molar-refractivity contribution in [2.45, 2.75) is 6.42 Å². The zero-order chi connectivity index (χ0) is 19.4. The second kappa shape index (κ2) is 9.01. The molecule has 0 aliphatic carbocycles.